The number of sulfonamides is 1. The lowest BCUT2D eigenvalue weighted by atomic mass is 9.75. The lowest BCUT2D eigenvalue weighted by molar-refractivity contribution is -0.145. The molecule has 28 heavy (non-hydrogen) atoms. The highest BCUT2D eigenvalue weighted by Gasteiger charge is 2.54. The number of nitrogens with one attached hydrogen (secondary N) is 1. The Bertz CT molecular complexity index is 834. The summed E-state index contributed by atoms with van der Waals surface area (Å²) in [4.78, 5) is 11.9. The lowest BCUT2D eigenvalue weighted by Crippen LogP contribution is -2.50. The molecule has 0 aliphatic carbocycles. The monoisotopic (exact) mass is 405 g/mol. The smallest absolute Gasteiger partial charge is 0.306 e. The number of aliphatic carboxylic acids is 1. The summed E-state index contributed by atoms with van der Waals surface area (Å²) in [7, 11) is -3.72. The van der Waals surface area contributed by atoms with Crippen molar-refractivity contribution < 1.29 is 23.1 Å². The predicted molar refractivity (Wildman–Crippen MR) is 108 cm³/mol. The van der Waals surface area contributed by atoms with Crippen molar-refractivity contribution in [2.75, 3.05) is 0 Å². The third-order valence-electron chi connectivity index (χ3n) is 5.53. The van der Waals surface area contributed by atoms with Crippen LogP contribution in [-0.2, 0) is 19.6 Å². The van der Waals surface area contributed by atoms with E-state index in [-0.39, 0.29) is 18.1 Å². The van der Waals surface area contributed by atoms with Gasteiger partial charge in [0.05, 0.1) is 24.2 Å². The Balaban J connectivity index is 1.76. The molecule has 152 valence electrons. The molecule has 2 aliphatic rings. The number of benzene rings is 1. The van der Waals surface area contributed by atoms with Gasteiger partial charge in [0, 0.05) is 11.3 Å². The van der Waals surface area contributed by atoms with Crippen LogP contribution in [0.3, 0.4) is 0 Å². The van der Waals surface area contributed by atoms with Crippen LogP contribution < -0.4 is 4.72 Å². The van der Waals surface area contributed by atoms with Gasteiger partial charge in [-0.25, -0.2) is 13.1 Å². The SMILES string of the molecule is CC=CCCC(C(=O)O)C1C2CCC(O2)C1NS(=O)(=O)C=Cc1ccccc1. The first-order valence-electron chi connectivity index (χ1n) is 9.66. The molecule has 0 spiro atoms. The van der Waals surface area contributed by atoms with Gasteiger partial charge in [-0.05, 0) is 44.2 Å². The lowest BCUT2D eigenvalue weighted by Gasteiger charge is -2.32. The van der Waals surface area contributed by atoms with Crippen LogP contribution in [0.5, 0.6) is 0 Å². The fraction of sp³-hybridized carbons (Fsp3) is 0.476. The van der Waals surface area contributed by atoms with E-state index in [1.165, 1.54) is 6.08 Å². The van der Waals surface area contributed by atoms with Crippen molar-refractivity contribution in [1.29, 1.82) is 0 Å². The standard InChI is InChI=1S/C21H27NO5S/c1-2-3-5-10-16(21(23)24)19-17-11-12-18(27-17)20(19)22-28(25,26)14-13-15-8-6-4-7-9-15/h2-4,6-9,13-14,16-20,22H,5,10-12H2,1H3,(H,23,24). The van der Waals surface area contributed by atoms with Crippen molar-refractivity contribution in [3.8, 4) is 0 Å². The first kappa shape index (κ1) is 20.8. The molecule has 2 fully saturated rings. The van der Waals surface area contributed by atoms with E-state index >= 15 is 0 Å². The third kappa shape index (κ3) is 4.90. The predicted octanol–water partition coefficient (Wildman–Crippen LogP) is 3.18. The Morgan fingerprint density at radius 1 is 1.29 bits per heavy atom. The summed E-state index contributed by atoms with van der Waals surface area (Å²) >= 11 is 0. The highest BCUT2D eigenvalue weighted by Crippen LogP contribution is 2.44. The van der Waals surface area contributed by atoms with Crippen LogP contribution in [-0.4, -0.2) is 37.7 Å². The van der Waals surface area contributed by atoms with E-state index in [0.717, 1.165) is 23.8 Å². The summed E-state index contributed by atoms with van der Waals surface area (Å²) in [6, 6.07) is 8.65. The Hall–Kier alpha value is -1.96. The third-order valence-corrected chi connectivity index (χ3v) is 6.63. The van der Waals surface area contributed by atoms with Crippen molar-refractivity contribution in [3.05, 3.63) is 53.5 Å². The zero-order valence-corrected chi connectivity index (χ0v) is 16.7. The molecule has 5 unspecified atom stereocenters. The molecule has 2 bridgehead atoms. The number of fused-ring (bicyclic) bond motifs is 2. The average molecular weight is 406 g/mol. The van der Waals surface area contributed by atoms with Crippen molar-refractivity contribution in [1.82, 2.24) is 4.72 Å². The highest BCUT2D eigenvalue weighted by atomic mass is 32.2. The van der Waals surface area contributed by atoms with Gasteiger partial charge in [0.15, 0.2) is 0 Å². The van der Waals surface area contributed by atoms with Gasteiger partial charge >= 0.3 is 5.97 Å². The van der Waals surface area contributed by atoms with Crippen LogP contribution in [0.4, 0.5) is 0 Å². The molecule has 1 aromatic rings. The zero-order valence-electron chi connectivity index (χ0n) is 15.9. The van der Waals surface area contributed by atoms with E-state index < -0.39 is 28.0 Å². The molecule has 0 amide bonds. The van der Waals surface area contributed by atoms with E-state index in [1.54, 1.807) is 0 Å². The molecule has 1 aromatic carbocycles. The van der Waals surface area contributed by atoms with Crippen LogP contribution in [0.25, 0.3) is 6.08 Å². The van der Waals surface area contributed by atoms with Crippen molar-refractivity contribution in [2.45, 2.75) is 50.9 Å². The maximum Gasteiger partial charge on any atom is 0.306 e. The van der Waals surface area contributed by atoms with Gasteiger partial charge in [-0.15, -0.1) is 0 Å². The molecule has 0 aromatic heterocycles. The molecule has 2 aliphatic heterocycles. The zero-order chi connectivity index (χ0) is 20.1. The van der Waals surface area contributed by atoms with E-state index in [1.807, 2.05) is 49.4 Å². The molecule has 5 atom stereocenters. The van der Waals surface area contributed by atoms with E-state index in [9.17, 15) is 18.3 Å². The second-order valence-corrected chi connectivity index (χ2v) is 8.96. The van der Waals surface area contributed by atoms with Crippen LogP contribution in [0.15, 0.2) is 47.9 Å². The summed E-state index contributed by atoms with van der Waals surface area (Å²) < 4.78 is 33.9. The number of rotatable bonds is 9. The van der Waals surface area contributed by atoms with Crippen LogP contribution in [0.2, 0.25) is 0 Å². The quantitative estimate of drug-likeness (QED) is 0.616. The molecule has 3 rings (SSSR count). The molecule has 2 saturated heterocycles. The number of allylic oxidation sites excluding steroid dienone is 2. The molecule has 0 radical (unpaired) electrons. The maximum atomic E-state index is 12.6. The molecule has 2 heterocycles. The Labute approximate surface area is 166 Å². The Kier molecular flexibility index (Phi) is 6.69. The molecular formula is C21H27NO5S. The van der Waals surface area contributed by atoms with Crippen LogP contribution in [0, 0.1) is 11.8 Å². The minimum Gasteiger partial charge on any atom is -0.481 e. The summed E-state index contributed by atoms with van der Waals surface area (Å²) in [5.41, 5.74) is 0.781. The largest absolute Gasteiger partial charge is 0.481 e. The number of ether oxygens (including phenoxy) is 1. The normalized spacial score (nSPS) is 28.3. The Morgan fingerprint density at radius 3 is 2.68 bits per heavy atom. The van der Waals surface area contributed by atoms with Gasteiger partial charge < -0.3 is 9.84 Å². The summed E-state index contributed by atoms with van der Waals surface area (Å²) in [6.45, 7) is 1.90. The van der Waals surface area contributed by atoms with E-state index in [2.05, 4.69) is 4.72 Å². The maximum absolute atomic E-state index is 12.6. The number of hydrogen-bond donors (Lipinski definition) is 2. The number of carbonyl (C=O) groups is 1. The van der Waals surface area contributed by atoms with E-state index in [4.69, 9.17) is 4.74 Å². The first-order chi connectivity index (χ1) is 13.4. The van der Waals surface area contributed by atoms with Gasteiger partial charge in [0.25, 0.3) is 0 Å². The van der Waals surface area contributed by atoms with Gasteiger partial charge in [0.2, 0.25) is 10.0 Å². The number of carboxylic acids is 1. The second kappa shape index (κ2) is 9.03. The average Bonchev–Trinajstić information content (AvgIpc) is 3.26. The summed E-state index contributed by atoms with van der Waals surface area (Å²) in [5, 5.41) is 10.9. The van der Waals surface area contributed by atoms with E-state index in [0.29, 0.717) is 12.8 Å². The van der Waals surface area contributed by atoms with Crippen LogP contribution in [0.1, 0.15) is 38.2 Å². The minimum atomic E-state index is -3.72. The molecule has 6 nitrogen and oxygen atoms in total. The molecule has 7 heteroatoms. The fourth-order valence-electron chi connectivity index (χ4n) is 4.26. The van der Waals surface area contributed by atoms with Gasteiger partial charge in [-0.3, -0.25) is 4.79 Å². The molecular weight excluding hydrogens is 378 g/mol. The van der Waals surface area contributed by atoms with Crippen molar-refractivity contribution >= 4 is 22.1 Å². The van der Waals surface area contributed by atoms with Gasteiger partial charge in [-0.2, -0.15) is 0 Å². The first-order valence-corrected chi connectivity index (χ1v) is 11.2. The highest BCUT2D eigenvalue weighted by molar-refractivity contribution is 7.92. The minimum absolute atomic E-state index is 0.206. The van der Waals surface area contributed by atoms with Crippen LogP contribution >= 0.6 is 0 Å². The summed E-state index contributed by atoms with van der Waals surface area (Å²) in [6.07, 6.45) is 7.53. The molecule has 0 saturated carbocycles. The van der Waals surface area contributed by atoms with Gasteiger partial charge in [-0.1, -0.05) is 42.5 Å². The number of hydrogen-bond acceptors (Lipinski definition) is 4. The Morgan fingerprint density at radius 2 is 2.00 bits per heavy atom. The summed E-state index contributed by atoms with van der Waals surface area (Å²) in [5.74, 6) is -1.90. The van der Waals surface area contributed by atoms with Crippen molar-refractivity contribution in [3.63, 3.8) is 0 Å². The van der Waals surface area contributed by atoms with Gasteiger partial charge in [0.1, 0.15) is 0 Å². The second-order valence-electron chi connectivity index (χ2n) is 7.36. The molecule has 2 N–H and O–H groups in total. The fourth-order valence-corrected chi connectivity index (χ4v) is 5.37. The number of carboxylic acid groups (broad SMARTS) is 1. The topological polar surface area (TPSA) is 92.7 Å². The van der Waals surface area contributed by atoms with Crippen molar-refractivity contribution in [2.24, 2.45) is 11.8 Å².